The molecule has 112 valence electrons. The van der Waals surface area contributed by atoms with Crippen LogP contribution in [0.5, 0.6) is 0 Å². The first-order valence-electron chi connectivity index (χ1n) is 7.86. The number of nitrogens with zero attached hydrogens (tertiary/aromatic N) is 2. The first-order valence-corrected chi connectivity index (χ1v) is 7.86. The molecule has 4 heteroatoms. The zero-order valence-electron chi connectivity index (χ0n) is 13.2. The molecule has 0 spiro atoms. The van der Waals surface area contributed by atoms with E-state index in [-0.39, 0.29) is 5.41 Å². The van der Waals surface area contributed by atoms with Crippen molar-refractivity contribution < 1.29 is 4.74 Å². The van der Waals surface area contributed by atoms with Crippen LogP contribution in [0, 0.1) is 0 Å². The third-order valence-electron chi connectivity index (χ3n) is 4.65. The van der Waals surface area contributed by atoms with Gasteiger partial charge in [0.05, 0.1) is 17.8 Å². The zero-order valence-corrected chi connectivity index (χ0v) is 13.2. The molecule has 0 radical (unpaired) electrons. The third kappa shape index (κ3) is 2.29. The molecule has 1 aliphatic heterocycles. The number of methoxy groups -OCH3 is 1. The summed E-state index contributed by atoms with van der Waals surface area (Å²) in [5.41, 5.74) is 2.78. The number of fused-ring (bicyclic) bond motifs is 1. The monoisotopic (exact) mass is 277 g/mol. The van der Waals surface area contributed by atoms with E-state index in [1.54, 1.807) is 0 Å². The van der Waals surface area contributed by atoms with E-state index >= 15 is 0 Å². The number of hydrogen-bond acceptors (Lipinski definition) is 3. The molecule has 1 saturated carbocycles. The van der Waals surface area contributed by atoms with Crippen molar-refractivity contribution in [2.75, 3.05) is 13.7 Å². The van der Waals surface area contributed by atoms with Crippen LogP contribution >= 0.6 is 0 Å². The SMILES string of the molecule is COC1CCCC1n1c(C(C)(C)C)nc2c1CCNC2. The van der Waals surface area contributed by atoms with Gasteiger partial charge >= 0.3 is 0 Å². The van der Waals surface area contributed by atoms with Crippen molar-refractivity contribution in [1.82, 2.24) is 14.9 Å². The predicted molar refractivity (Wildman–Crippen MR) is 80.0 cm³/mol. The van der Waals surface area contributed by atoms with Gasteiger partial charge in [0.25, 0.3) is 0 Å². The van der Waals surface area contributed by atoms with Gasteiger partial charge in [0, 0.05) is 37.7 Å². The molecule has 2 unspecified atom stereocenters. The minimum absolute atomic E-state index is 0.0816. The van der Waals surface area contributed by atoms with E-state index in [4.69, 9.17) is 9.72 Å². The normalized spacial score (nSPS) is 26.8. The molecule has 2 aliphatic rings. The van der Waals surface area contributed by atoms with Gasteiger partial charge < -0.3 is 14.6 Å². The third-order valence-corrected chi connectivity index (χ3v) is 4.65. The maximum atomic E-state index is 5.74. The van der Waals surface area contributed by atoms with Gasteiger partial charge in [-0.1, -0.05) is 20.8 Å². The second kappa shape index (κ2) is 5.15. The average Bonchev–Trinajstić information content (AvgIpc) is 3.01. The van der Waals surface area contributed by atoms with E-state index in [9.17, 15) is 0 Å². The van der Waals surface area contributed by atoms with Gasteiger partial charge in [0.15, 0.2) is 0 Å². The minimum atomic E-state index is 0.0816. The Balaban J connectivity index is 2.09. The van der Waals surface area contributed by atoms with E-state index < -0.39 is 0 Å². The number of hydrogen-bond donors (Lipinski definition) is 1. The Morgan fingerprint density at radius 1 is 1.30 bits per heavy atom. The van der Waals surface area contributed by atoms with Crippen LogP contribution in [0.1, 0.15) is 63.3 Å². The standard InChI is InChI=1S/C16H27N3O/c1-16(2,3)15-18-11-10-17-9-8-12(11)19(15)13-6-5-7-14(13)20-4/h13-14,17H,5-10H2,1-4H3. The molecule has 1 aromatic rings. The van der Waals surface area contributed by atoms with E-state index in [2.05, 4.69) is 30.7 Å². The van der Waals surface area contributed by atoms with Crippen LogP contribution < -0.4 is 5.32 Å². The van der Waals surface area contributed by atoms with Crippen LogP contribution in [0.2, 0.25) is 0 Å². The van der Waals surface area contributed by atoms with Crippen LogP contribution in [0.25, 0.3) is 0 Å². The highest BCUT2D eigenvalue weighted by Crippen LogP contribution is 2.38. The fraction of sp³-hybridized carbons (Fsp3) is 0.812. The quantitative estimate of drug-likeness (QED) is 0.903. The second-order valence-electron chi connectivity index (χ2n) is 7.15. The molecule has 4 nitrogen and oxygen atoms in total. The molecule has 0 saturated heterocycles. The molecule has 0 bridgehead atoms. The minimum Gasteiger partial charge on any atom is -0.379 e. The molecular weight excluding hydrogens is 250 g/mol. The molecule has 3 rings (SSSR count). The molecule has 0 amide bonds. The Labute approximate surface area is 121 Å². The topological polar surface area (TPSA) is 39.1 Å². The first kappa shape index (κ1) is 14.1. The molecule has 1 aromatic heterocycles. The van der Waals surface area contributed by atoms with Gasteiger partial charge in [-0.05, 0) is 19.3 Å². The summed E-state index contributed by atoms with van der Waals surface area (Å²) in [4.78, 5) is 4.98. The summed E-state index contributed by atoms with van der Waals surface area (Å²) in [6.07, 6.45) is 5.10. The first-order chi connectivity index (χ1) is 9.52. The number of ether oxygens (including phenoxy) is 1. The predicted octanol–water partition coefficient (Wildman–Crippen LogP) is 2.57. The summed E-state index contributed by atoms with van der Waals surface area (Å²) >= 11 is 0. The lowest BCUT2D eigenvalue weighted by atomic mass is 9.95. The Bertz CT molecular complexity index is 487. The van der Waals surface area contributed by atoms with Gasteiger partial charge in [0.2, 0.25) is 0 Å². The Kier molecular flexibility index (Phi) is 3.63. The summed E-state index contributed by atoms with van der Waals surface area (Å²) in [6, 6.07) is 0.476. The largest absolute Gasteiger partial charge is 0.379 e. The van der Waals surface area contributed by atoms with Crippen LogP contribution in [0.3, 0.4) is 0 Å². The van der Waals surface area contributed by atoms with Crippen molar-refractivity contribution in [2.45, 2.75) is 70.6 Å². The van der Waals surface area contributed by atoms with E-state index in [0.717, 1.165) is 19.5 Å². The summed E-state index contributed by atoms with van der Waals surface area (Å²) in [5, 5.41) is 3.44. The van der Waals surface area contributed by atoms with Crippen LogP contribution in [0.4, 0.5) is 0 Å². The van der Waals surface area contributed by atoms with Crippen LogP contribution in [-0.4, -0.2) is 29.3 Å². The molecule has 20 heavy (non-hydrogen) atoms. The van der Waals surface area contributed by atoms with E-state index in [1.807, 2.05) is 7.11 Å². The summed E-state index contributed by atoms with van der Waals surface area (Å²) in [6.45, 7) is 8.77. The van der Waals surface area contributed by atoms with E-state index in [1.165, 1.54) is 36.5 Å². The van der Waals surface area contributed by atoms with Gasteiger partial charge in [-0.3, -0.25) is 0 Å². The Morgan fingerprint density at radius 2 is 2.10 bits per heavy atom. The van der Waals surface area contributed by atoms with Gasteiger partial charge in [-0.2, -0.15) is 0 Å². The van der Waals surface area contributed by atoms with Crippen molar-refractivity contribution in [2.24, 2.45) is 0 Å². The van der Waals surface area contributed by atoms with Gasteiger partial charge in [0.1, 0.15) is 5.82 Å². The molecule has 1 aliphatic carbocycles. The smallest absolute Gasteiger partial charge is 0.115 e. The van der Waals surface area contributed by atoms with Gasteiger partial charge in [-0.15, -0.1) is 0 Å². The van der Waals surface area contributed by atoms with Crippen molar-refractivity contribution >= 4 is 0 Å². The summed E-state index contributed by atoms with van der Waals surface area (Å²) in [5.74, 6) is 1.24. The lowest BCUT2D eigenvalue weighted by Crippen LogP contribution is -2.30. The number of nitrogens with one attached hydrogen (secondary N) is 1. The molecule has 2 atom stereocenters. The van der Waals surface area contributed by atoms with Gasteiger partial charge in [-0.25, -0.2) is 4.98 Å². The summed E-state index contributed by atoms with van der Waals surface area (Å²) < 4.78 is 8.28. The molecule has 1 N–H and O–H groups in total. The molecule has 1 fully saturated rings. The molecule has 2 heterocycles. The van der Waals surface area contributed by atoms with Crippen molar-refractivity contribution in [3.8, 4) is 0 Å². The maximum absolute atomic E-state index is 5.74. The number of rotatable bonds is 2. The number of aromatic nitrogens is 2. The highest BCUT2D eigenvalue weighted by molar-refractivity contribution is 5.25. The van der Waals surface area contributed by atoms with Crippen LogP contribution in [-0.2, 0) is 23.1 Å². The zero-order chi connectivity index (χ0) is 14.3. The average molecular weight is 277 g/mol. The van der Waals surface area contributed by atoms with Crippen molar-refractivity contribution in [3.05, 3.63) is 17.2 Å². The fourth-order valence-electron chi connectivity index (χ4n) is 3.70. The number of imidazole rings is 1. The Morgan fingerprint density at radius 3 is 2.80 bits per heavy atom. The molecular formula is C16H27N3O. The van der Waals surface area contributed by atoms with Crippen molar-refractivity contribution in [3.63, 3.8) is 0 Å². The van der Waals surface area contributed by atoms with Crippen molar-refractivity contribution in [1.29, 1.82) is 0 Å². The lowest BCUT2D eigenvalue weighted by Gasteiger charge is -2.29. The summed E-state index contributed by atoms with van der Waals surface area (Å²) in [7, 11) is 1.85. The Hall–Kier alpha value is -0.870. The van der Waals surface area contributed by atoms with E-state index in [0.29, 0.717) is 12.1 Å². The highest BCUT2D eigenvalue weighted by Gasteiger charge is 2.36. The fourth-order valence-corrected chi connectivity index (χ4v) is 3.70. The highest BCUT2D eigenvalue weighted by atomic mass is 16.5. The maximum Gasteiger partial charge on any atom is 0.115 e. The second-order valence-corrected chi connectivity index (χ2v) is 7.15. The van der Waals surface area contributed by atoms with Crippen LogP contribution in [0.15, 0.2) is 0 Å². The molecule has 0 aromatic carbocycles. The lowest BCUT2D eigenvalue weighted by molar-refractivity contribution is 0.0720.